The van der Waals surface area contributed by atoms with Crippen LogP contribution < -0.4 is 0 Å². The summed E-state index contributed by atoms with van der Waals surface area (Å²) in [7, 11) is 0. The highest BCUT2D eigenvalue weighted by Gasteiger charge is 2.38. The molecule has 0 saturated carbocycles. The van der Waals surface area contributed by atoms with E-state index in [0.29, 0.717) is 5.91 Å². The molecule has 3 heterocycles. The number of amides is 1. The van der Waals surface area contributed by atoms with Crippen molar-refractivity contribution in [1.29, 1.82) is 0 Å². The van der Waals surface area contributed by atoms with Crippen LogP contribution in [0.15, 0.2) is 30.3 Å². The Labute approximate surface area is 95.7 Å². The predicted octanol–water partition coefficient (Wildman–Crippen LogP) is 0.756. The molecule has 16 heavy (non-hydrogen) atoms. The molecule has 1 aromatic rings. The summed E-state index contributed by atoms with van der Waals surface area (Å²) >= 11 is 0. The molecule has 0 aliphatic carbocycles. The summed E-state index contributed by atoms with van der Waals surface area (Å²) in [5.41, 5.74) is 1.26. The first-order valence-corrected chi connectivity index (χ1v) is 5.91. The molecule has 0 aromatic heterocycles. The van der Waals surface area contributed by atoms with Gasteiger partial charge in [0.1, 0.15) is 0 Å². The average molecular weight is 216 g/mol. The molecule has 3 nitrogen and oxygen atoms in total. The lowest BCUT2D eigenvalue weighted by Crippen LogP contribution is -2.64. The van der Waals surface area contributed by atoms with Gasteiger partial charge in [0.25, 0.3) is 0 Å². The topological polar surface area (TPSA) is 23.6 Å². The lowest BCUT2D eigenvalue weighted by molar-refractivity contribution is -0.148. The third-order valence-electron chi connectivity index (χ3n) is 3.62. The molecular formula is C13H16N2O. The summed E-state index contributed by atoms with van der Waals surface area (Å²) in [6.07, 6.45) is 0.857. The fourth-order valence-electron chi connectivity index (χ4n) is 2.67. The van der Waals surface area contributed by atoms with Gasteiger partial charge in [-0.1, -0.05) is 30.3 Å². The van der Waals surface area contributed by atoms with Crippen molar-refractivity contribution in [3.8, 4) is 0 Å². The fourth-order valence-corrected chi connectivity index (χ4v) is 2.67. The Morgan fingerprint density at radius 1 is 1.06 bits per heavy atom. The number of benzene rings is 1. The van der Waals surface area contributed by atoms with Gasteiger partial charge in [0.15, 0.2) is 0 Å². The Hall–Kier alpha value is -1.35. The second-order valence-electron chi connectivity index (χ2n) is 4.57. The van der Waals surface area contributed by atoms with Gasteiger partial charge in [0, 0.05) is 26.2 Å². The lowest BCUT2D eigenvalue weighted by Gasteiger charge is -2.46. The maximum atomic E-state index is 12.1. The van der Waals surface area contributed by atoms with Crippen molar-refractivity contribution in [2.75, 3.05) is 26.2 Å². The number of fused-ring (bicyclic) bond motifs is 3. The van der Waals surface area contributed by atoms with E-state index in [0.717, 1.165) is 32.6 Å². The summed E-state index contributed by atoms with van der Waals surface area (Å²) < 4.78 is 0. The number of rotatable bonds is 2. The predicted molar refractivity (Wildman–Crippen MR) is 62.1 cm³/mol. The van der Waals surface area contributed by atoms with E-state index in [2.05, 4.69) is 17.0 Å². The van der Waals surface area contributed by atoms with E-state index in [1.54, 1.807) is 0 Å². The molecule has 3 fully saturated rings. The fraction of sp³-hybridized carbons (Fsp3) is 0.462. The first kappa shape index (κ1) is 9.85. The summed E-state index contributed by atoms with van der Waals surface area (Å²) in [6, 6.07) is 10.4. The quantitative estimate of drug-likeness (QED) is 0.728. The highest BCUT2D eigenvalue weighted by atomic mass is 16.2. The Morgan fingerprint density at radius 3 is 2.38 bits per heavy atom. The van der Waals surface area contributed by atoms with Crippen LogP contribution >= 0.6 is 0 Å². The zero-order valence-electron chi connectivity index (χ0n) is 9.30. The molecule has 1 aromatic carbocycles. The smallest absolute Gasteiger partial charge is 0.240 e. The van der Waals surface area contributed by atoms with Crippen LogP contribution in [0.3, 0.4) is 0 Å². The number of hydrogen-bond donors (Lipinski definition) is 0. The second kappa shape index (κ2) is 3.91. The van der Waals surface area contributed by atoms with Crippen molar-refractivity contribution in [2.24, 2.45) is 0 Å². The first-order chi connectivity index (χ1) is 7.84. The van der Waals surface area contributed by atoms with Crippen molar-refractivity contribution >= 4 is 5.91 Å². The van der Waals surface area contributed by atoms with Crippen LogP contribution in [-0.4, -0.2) is 47.9 Å². The summed E-state index contributed by atoms with van der Waals surface area (Å²) in [5, 5.41) is 0. The average Bonchev–Trinajstić information content (AvgIpc) is 2.36. The standard InChI is InChI=1S/C13H16N2O/c16-13-12(10-11-4-2-1-3-5-11)14-6-8-15(13)9-7-14/h1-5,12H,6-10H2. The minimum Gasteiger partial charge on any atom is -0.339 e. The van der Waals surface area contributed by atoms with E-state index in [1.165, 1.54) is 5.56 Å². The zero-order valence-corrected chi connectivity index (χ0v) is 9.30. The maximum Gasteiger partial charge on any atom is 0.240 e. The lowest BCUT2D eigenvalue weighted by atomic mass is 9.99. The molecular weight excluding hydrogens is 200 g/mol. The molecule has 0 spiro atoms. The van der Waals surface area contributed by atoms with Crippen molar-refractivity contribution < 1.29 is 4.79 Å². The van der Waals surface area contributed by atoms with Gasteiger partial charge in [-0.2, -0.15) is 0 Å². The summed E-state index contributed by atoms with van der Waals surface area (Å²) in [6.45, 7) is 3.93. The Kier molecular flexibility index (Phi) is 2.40. The molecule has 3 aliphatic heterocycles. The largest absolute Gasteiger partial charge is 0.339 e. The van der Waals surface area contributed by atoms with Gasteiger partial charge >= 0.3 is 0 Å². The van der Waals surface area contributed by atoms with Gasteiger partial charge < -0.3 is 4.90 Å². The van der Waals surface area contributed by atoms with E-state index in [4.69, 9.17) is 0 Å². The van der Waals surface area contributed by atoms with E-state index in [1.807, 2.05) is 23.1 Å². The Morgan fingerprint density at radius 2 is 1.75 bits per heavy atom. The highest BCUT2D eigenvalue weighted by Crippen LogP contribution is 2.20. The number of carbonyl (C=O) groups is 1. The van der Waals surface area contributed by atoms with Crippen LogP contribution in [-0.2, 0) is 11.2 Å². The van der Waals surface area contributed by atoms with Gasteiger partial charge in [-0.3, -0.25) is 9.69 Å². The normalized spacial score (nSPS) is 28.5. The molecule has 1 amide bonds. The van der Waals surface area contributed by atoms with Crippen molar-refractivity contribution in [1.82, 2.24) is 9.80 Å². The SMILES string of the molecule is O=C1C(Cc2ccccc2)N2CCN1CC2. The molecule has 0 radical (unpaired) electrons. The number of nitrogens with zero attached hydrogens (tertiary/aromatic N) is 2. The Bertz CT molecular complexity index is 382. The van der Waals surface area contributed by atoms with Gasteiger partial charge in [-0.25, -0.2) is 0 Å². The molecule has 4 rings (SSSR count). The van der Waals surface area contributed by atoms with Crippen LogP contribution in [0.5, 0.6) is 0 Å². The van der Waals surface area contributed by atoms with Crippen molar-refractivity contribution in [3.05, 3.63) is 35.9 Å². The van der Waals surface area contributed by atoms with Crippen molar-refractivity contribution in [3.63, 3.8) is 0 Å². The van der Waals surface area contributed by atoms with Gasteiger partial charge in [-0.15, -0.1) is 0 Å². The maximum absolute atomic E-state index is 12.1. The van der Waals surface area contributed by atoms with Crippen LogP contribution in [0.4, 0.5) is 0 Å². The molecule has 1 unspecified atom stereocenters. The summed E-state index contributed by atoms with van der Waals surface area (Å²) in [4.78, 5) is 16.4. The summed E-state index contributed by atoms with van der Waals surface area (Å²) in [5.74, 6) is 0.321. The molecule has 3 saturated heterocycles. The van der Waals surface area contributed by atoms with Gasteiger partial charge in [-0.05, 0) is 12.0 Å². The minimum absolute atomic E-state index is 0.0879. The third-order valence-corrected chi connectivity index (χ3v) is 3.62. The van der Waals surface area contributed by atoms with Gasteiger partial charge in [0.05, 0.1) is 6.04 Å². The van der Waals surface area contributed by atoms with E-state index in [9.17, 15) is 4.79 Å². The van der Waals surface area contributed by atoms with Crippen molar-refractivity contribution in [2.45, 2.75) is 12.5 Å². The van der Waals surface area contributed by atoms with Crippen LogP contribution in [0.25, 0.3) is 0 Å². The number of hydrogen-bond acceptors (Lipinski definition) is 2. The van der Waals surface area contributed by atoms with Crippen LogP contribution in [0.2, 0.25) is 0 Å². The number of piperazine rings is 3. The first-order valence-electron chi connectivity index (χ1n) is 5.91. The number of carbonyl (C=O) groups excluding carboxylic acids is 1. The van der Waals surface area contributed by atoms with E-state index >= 15 is 0 Å². The molecule has 2 bridgehead atoms. The van der Waals surface area contributed by atoms with Crippen LogP contribution in [0, 0.1) is 0 Å². The molecule has 1 atom stereocenters. The highest BCUT2D eigenvalue weighted by molar-refractivity contribution is 5.83. The van der Waals surface area contributed by atoms with Crippen LogP contribution in [0.1, 0.15) is 5.56 Å². The molecule has 3 aliphatic rings. The zero-order chi connectivity index (χ0) is 11.0. The van der Waals surface area contributed by atoms with E-state index in [-0.39, 0.29) is 6.04 Å². The van der Waals surface area contributed by atoms with Gasteiger partial charge in [0.2, 0.25) is 5.91 Å². The monoisotopic (exact) mass is 216 g/mol. The Balaban J connectivity index is 1.78. The molecule has 3 heteroatoms. The molecule has 0 N–H and O–H groups in total. The molecule has 84 valence electrons. The minimum atomic E-state index is 0.0879. The third kappa shape index (κ3) is 1.61. The second-order valence-corrected chi connectivity index (χ2v) is 4.57. The van der Waals surface area contributed by atoms with E-state index < -0.39 is 0 Å².